The Morgan fingerprint density at radius 2 is 1.28 bits per heavy atom. The number of nitrogens with one attached hydrogen (secondary N) is 2. The first-order chi connectivity index (χ1) is 15.8. The van der Waals surface area contributed by atoms with Crippen LogP contribution in [0.2, 0.25) is 0 Å². The maximum Gasteiger partial charge on any atom is 0.159 e. The topological polar surface area (TPSA) is 85.1 Å². The molecule has 32 heavy (non-hydrogen) atoms. The average molecular weight is 419 g/mol. The largest absolute Gasteiger partial charge is 0.457 e. The van der Waals surface area contributed by atoms with E-state index in [9.17, 15) is 0 Å². The van der Waals surface area contributed by atoms with Crippen LogP contribution in [0, 0.1) is 0 Å². The molecule has 0 spiro atoms. The van der Waals surface area contributed by atoms with Crippen molar-refractivity contribution in [1.82, 2.24) is 9.97 Å². The molecule has 0 saturated heterocycles. The second-order valence-electron chi connectivity index (χ2n) is 7.20. The highest BCUT2D eigenvalue weighted by molar-refractivity contribution is 5.96. The number of hydrogen-bond acceptors (Lipinski definition) is 6. The number of nitrogens with two attached hydrogens (primary N) is 1. The summed E-state index contributed by atoms with van der Waals surface area (Å²) >= 11 is 0. The smallest absolute Gasteiger partial charge is 0.159 e. The van der Waals surface area contributed by atoms with Crippen LogP contribution in [0.25, 0.3) is 10.8 Å². The van der Waals surface area contributed by atoms with Gasteiger partial charge in [-0.1, -0.05) is 54.6 Å². The summed E-state index contributed by atoms with van der Waals surface area (Å²) < 4.78 is 5.84. The first-order valence-corrected chi connectivity index (χ1v) is 10.2. The number of ether oxygens (including phenoxy) is 1. The molecule has 5 rings (SSSR count). The minimum Gasteiger partial charge on any atom is -0.457 e. The quantitative estimate of drug-likeness (QED) is 0.292. The molecule has 0 atom stereocenters. The maximum absolute atomic E-state index is 6.38. The molecule has 0 unspecified atom stereocenters. The van der Waals surface area contributed by atoms with Gasteiger partial charge < -0.3 is 21.1 Å². The van der Waals surface area contributed by atoms with Gasteiger partial charge in [-0.25, -0.2) is 9.97 Å². The number of rotatable bonds is 6. The summed E-state index contributed by atoms with van der Waals surface area (Å²) in [5, 5.41) is 8.83. The molecular weight excluding hydrogens is 398 g/mol. The van der Waals surface area contributed by atoms with E-state index in [0.29, 0.717) is 17.3 Å². The van der Waals surface area contributed by atoms with Gasteiger partial charge in [0.15, 0.2) is 11.6 Å². The molecule has 6 heteroatoms. The van der Waals surface area contributed by atoms with Crippen LogP contribution in [-0.4, -0.2) is 9.97 Å². The molecule has 156 valence electrons. The van der Waals surface area contributed by atoms with Crippen LogP contribution in [0.3, 0.4) is 0 Å². The Morgan fingerprint density at radius 3 is 2.09 bits per heavy atom. The molecule has 0 saturated carbocycles. The summed E-state index contributed by atoms with van der Waals surface area (Å²) in [6.07, 6.45) is 1.49. The zero-order chi connectivity index (χ0) is 21.8. The number of nitrogen functional groups attached to an aromatic ring is 1. The van der Waals surface area contributed by atoms with Crippen molar-refractivity contribution in [2.24, 2.45) is 0 Å². The summed E-state index contributed by atoms with van der Waals surface area (Å²) in [5.41, 5.74) is 8.59. The molecule has 1 aromatic heterocycles. The third-order valence-electron chi connectivity index (χ3n) is 5.02. The number of anilines is 5. The van der Waals surface area contributed by atoms with Crippen LogP contribution in [0.4, 0.5) is 28.7 Å². The summed E-state index contributed by atoms with van der Waals surface area (Å²) in [4.78, 5) is 8.65. The molecule has 1 heterocycles. The van der Waals surface area contributed by atoms with Crippen molar-refractivity contribution in [2.45, 2.75) is 0 Å². The normalized spacial score (nSPS) is 10.6. The lowest BCUT2D eigenvalue weighted by Gasteiger charge is -2.14. The van der Waals surface area contributed by atoms with Crippen molar-refractivity contribution < 1.29 is 4.74 Å². The van der Waals surface area contributed by atoms with E-state index in [1.807, 2.05) is 78.9 Å². The Kier molecular flexibility index (Phi) is 5.24. The summed E-state index contributed by atoms with van der Waals surface area (Å²) in [6.45, 7) is 0. The van der Waals surface area contributed by atoms with Crippen molar-refractivity contribution in [3.8, 4) is 11.5 Å². The highest BCUT2D eigenvalue weighted by atomic mass is 16.5. The van der Waals surface area contributed by atoms with Crippen LogP contribution in [0.15, 0.2) is 103 Å². The predicted octanol–water partition coefficient (Wildman–Crippen LogP) is 6.49. The Hall–Kier alpha value is -4.58. The third-order valence-corrected chi connectivity index (χ3v) is 5.02. The van der Waals surface area contributed by atoms with Gasteiger partial charge in [0.1, 0.15) is 23.5 Å². The molecule has 5 aromatic rings. The fourth-order valence-electron chi connectivity index (χ4n) is 3.42. The van der Waals surface area contributed by atoms with Crippen LogP contribution in [0.5, 0.6) is 11.5 Å². The monoisotopic (exact) mass is 419 g/mol. The van der Waals surface area contributed by atoms with Crippen LogP contribution in [0.1, 0.15) is 0 Å². The molecule has 6 nitrogen and oxygen atoms in total. The second-order valence-corrected chi connectivity index (χ2v) is 7.20. The molecule has 4 aromatic carbocycles. The van der Waals surface area contributed by atoms with Crippen LogP contribution >= 0.6 is 0 Å². The maximum atomic E-state index is 6.38. The van der Waals surface area contributed by atoms with Gasteiger partial charge >= 0.3 is 0 Å². The highest BCUT2D eigenvalue weighted by Gasteiger charge is 2.10. The van der Waals surface area contributed by atoms with Gasteiger partial charge in [-0.15, -0.1) is 0 Å². The molecule has 4 N–H and O–H groups in total. The average Bonchev–Trinajstić information content (AvgIpc) is 2.84. The molecule has 0 aliphatic carbocycles. The van der Waals surface area contributed by atoms with Gasteiger partial charge in [-0.3, -0.25) is 0 Å². The third kappa shape index (κ3) is 4.15. The van der Waals surface area contributed by atoms with E-state index in [1.165, 1.54) is 6.33 Å². The molecule has 0 aliphatic rings. The minimum absolute atomic E-state index is 0.435. The molecule has 0 aliphatic heterocycles. The number of benzene rings is 4. The van der Waals surface area contributed by atoms with Gasteiger partial charge in [-0.05, 0) is 47.9 Å². The lowest BCUT2D eigenvalue weighted by Crippen LogP contribution is -2.05. The number of para-hydroxylation sites is 1. The number of fused-ring (bicyclic) bond motifs is 1. The molecule has 0 amide bonds. The van der Waals surface area contributed by atoms with Crippen molar-refractivity contribution >= 4 is 39.5 Å². The molecule has 0 bridgehead atoms. The minimum atomic E-state index is 0.435. The fraction of sp³-hybridized carbons (Fsp3) is 0. The van der Waals surface area contributed by atoms with Gasteiger partial charge in [0, 0.05) is 16.8 Å². The highest BCUT2D eigenvalue weighted by Crippen LogP contribution is 2.32. The number of aromatic nitrogens is 2. The Labute approximate surface area is 185 Å². The zero-order valence-electron chi connectivity index (χ0n) is 17.2. The van der Waals surface area contributed by atoms with Crippen molar-refractivity contribution in [2.75, 3.05) is 16.4 Å². The Balaban J connectivity index is 1.34. The van der Waals surface area contributed by atoms with E-state index in [1.54, 1.807) is 0 Å². The van der Waals surface area contributed by atoms with E-state index >= 15 is 0 Å². The second kappa shape index (κ2) is 8.65. The SMILES string of the molecule is Nc1c(Nc2ccc(Oc3ccccc3)cc2)ncnc1Nc1cccc2ccccc12. The lowest BCUT2D eigenvalue weighted by molar-refractivity contribution is 0.483. The Morgan fingerprint density at radius 1 is 0.625 bits per heavy atom. The Bertz CT molecular complexity index is 1350. The van der Waals surface area contributed by atoms with Crippen molar-refractivity contribution in [3.05, 3.63) is 103 Å². The van der Waals surface area contributed by atoms with Gasteiger partial charge in [0.05, 0.1) is 0 Å². The molecular formula is C26H21N5O. The van der Waals surface area contributed by atoms with E-state index in [0.717, 1.165) is 33.6 Å². The van der Waals surface area contributed by atoms with E-state index in [4.69, 9.17) is 10.5 Å². The van der Waals surface area contributed by atoms with Gasteiger partial charge in [-0.2, -0.15) is 0 Å². The van der Waals surface area contributed by atoms with E-state index in [-0.39, 0.29) is 0 Å². The standard InChI is InChI=1S/C26H21N5O/c27-24-25(30-19-13-15-21(16-14-19)32-20-9-2-1-3-10-20)28-17-29-26(24)31-23-12-6-8-18-7-4-5-11-22(18)23/h1-17H,27H2,(H2,28,29,30,31). The number of nitrogens with zero attached hydrogens (tertiary/aromatic N) is 2. The van der Waals surface area contributed by atoms with Gasteiger partial charge in [0.25, 0.3) is 0 Å². The van der Waals surface area contributed by atoms with Crippen LogP contribution in [-0.2, 0) is 0 Å². The van der Waals surface area contributed by atoms with Crippen molar-refractivity contribution in [1.29, 1.82) is 0 Å². The molecule has 0 radical (unpaired) electrons. The summed E-state index contributed by atoms with van der Waals surface area (Å²) in [5.74, 6) is 2.61. The fourth-order valence-corrected chi connectivity index (χ4v) is 3.42. The van der Waals surface area contributed by atoms with E-state index in [2.05, 4.69) is 38.8 Å². The predicted molar refractivity (Wildman–Crippen MR) is 130 cm³/mol. The lowest BCUT2D eigenvalue weighted by atomic mass is 10.1. The zero-order valence-corrected chi connectivity index (χ0v) is 17.2. The van der Waals surface area contributed by atoms with E-state index < -0.39 is 0 Å². The molecule has 0 fully saturated rings. The van der Waals surface area contributed by atoms with Crippen LogP contribution < -0.4 is 21.1 Å². The first-order valence-electron chi connectivity index (χ1n) is 10.2. The first kappa shape index (κ1) is 19.4. The number of hydrogen-bond donors (Lipinski definition) is 3. The summed E-state index contributed by atoms with van der Waals surface area (Å²) in [6, 6.07) is 31.5. The summed E-state index contributed by atoms with van der Waals surface area (Å²) in [7, 11) is 0. The van der Waals surface area contributed by atoms with Gasteiger partial charge in [0.2, 0.25) is 0 Å². The van der Waals surface area contributed by atoms with Crippen molar-refractivity contribution in [3.63, 3.8) is 0 Å².